The number of ether oxygens (including phenoxy) is 3. The monoisotopic (exact) mass is 458 g/mol. The van der Waals surface area contributed by atoms with Gasteiger partial charge in [0.05, 0.1) is 10.6 Å². The van der Waals surface area contributed by atoms with Gasteiger partial charge in [-0.3, -0.25) is 4.79 Å². The Labute approximate surface area is 180 Å². The number of nitrogens with one attached hydrogen (secondary N) is 1. The summed E-state index contributed by atoms with van der Waals surface area (Å²) in [4.78, 5) is 27.2. The average molecular weight is 459 g/mol. The minimum absolute atomic E-state index is 0.286. The number of halogens is 4. The third-order valence-corrected chi connectivity index (χ3v) is 4.48. The number of esters is 1. The van der Waals surface area contributed by atoms with E-state index in [4.69, 9.17) is 25.8 Å². The van der Waals surface area contributed by atoms with Crippen LogP contribution < -0.4 is 14.8 Å². The number of hydrogen-bond acceptors (Lipinski definition) is 6. The van der Waals surface area contributed by atoms with E-state index in [1.54, 1.807) is 12.1 Å². The first-order chi connectivity index (χ1) is 14.4. The summed E-state index contributed by atoms with van der Waals surface area (Å²) in [6.45, 7) is 2.70. The van der Waals surface area contributed by atoms with Gasteiger partial charge in [0.15, 0.2) is 30.5 Å². The summed E-state index contributed by atoms with van der Waals surface area (Å²) >= 11 is 5.71. The smallest absolute Gasteiger partial charge is 0.417 e. The molecule has 1 amide bonds. The van der Waals surface area contributed by atoms with Gasteiger partial charge >= 0.3 is 12.1 Å². The molecule has 0 bridgehead atoms. The molecule has 0 fully saturated rings. The molecule has 0 aliphatic carbocycles. The molecule has 31 heavy (non-hydrogen) atoms. The van der Waals surface area contributed by atoms with Crippen molar-refractivity contribution in [1.82, 2.24) is 4.98 Å². The van der Waals surface area contributed by atoms with E-state index in [1.165, 1.54) is 0 Å². The Kier molecular flexibility index (Phi) is 6.30. The molecular formula is C20H18ClF3N2O5. The van der Waals surface area contributed by atoms with Crippen molar-refractivity contribution in [2.24, 2.45) is 0 Å². The first kappa shape index (κ1) is 22.7. The highest BCUT2D eigenvalue weighted by Crippen LogP contribution is 2.41. The normalized spacial score (nSPS) is 14.4. The summed E-state index contributed by atoms with van der Waals surface area (Å²) in [6, 6.07) is 5.96. The minimum Gasteiger partial charge on any atom is -0.483 e. The van der Waals surface area contributed by atoms with Crippen LogP contribution in [-0.4, -0.2) is 35.7 Å². The van der Waals surface area contributed by atoms with Gasteiger partial charge in [-0.05, 0) is 26.0 Å². The van der Waals surface area contributed by atoms with Crippen molar-refractivity contribution >= 4 is 29.3 Å². The third-order valence-electron chi connectivity index (χ3n) is 4.19. The number of benzene rings is 1. The molecule has 1 aromatic heterocycles. The fourth-order valence-electron chi connectivity index (χ4n) is 2.88. The van der Waals surface area contributed by atoms with E-state index in [9.17, 15) is 22.8 Å². The fourth-order valence-corrected chi connectivity index (χ4v) is 3.09. The maximum Gasteiger partial charge on any atom is 0.417 e. The second-order valence-electron chi connectivity index (χ2n) is 7.33. The first-order valence-electron chi connectivity index (χ1n) is 9.06. The van der Waals surface area contributed by atoms with Crippen molar-refractivity contribution in [3.63, 3.8) is 0 Å². The summed E-state index contributed by atoms with van der Waals surface area (Å²) < 4.78 is 53.9. The van der Waals surface area contributed by atoms with Gasteiger partial charge in [0.25, 0.3) is 5.91 Å². The molecule has 2 heterocycles. The molecule has 166 valence electrons. The van der Waals surface area contributed by atoms with Crippen LogP contribution in [0.4, 0.5) is 19.0 Å². The molecule has 0 saturated heterocycles. The highest BCUT2D eigenvalue weighted by Gasteiger charge is 2.33. The molecule has 1 aromatic carbocycles. The van der Waals surface area contributed by atoms with Crippen molar-refractivity contribution in [2.75, 3.05) is 18.5 Å². The van der Waals surface area contributed by atoms with Gasteiger partial charge in [-0.1, -0.05) is 23.7 Å². The van der Waals surface area contributed by atoms with Crippen LogP contribution >= 0.6 is 11.6 Å². The first-order valence-corrected chi connectivity index (χ1v) is 9.44. The Morgan fingerprint density at radius 2 is 2.03 bits per heavy atom. The maximum atomic E-state index is 12.6. The number of fused-ring (bicyclic) bond motifs is 1. The predicted octanol–water partition coefficient (Wildman–Crippen LogP) is 4.03. The van der Waals surface area contributed by atoms with Crippen LogP contribution in [0.1, 0.15) is 25.0 Å². The summed E-state index contributed by atoms with van der Waals surface area (Å²) in [5.41, 5.74) is -0.483. The Morgan fingerprint density at radius 1 is 1.29 bits per heavy atom. The third kappa shape index (κ3) is 5.78. The molecule has 0 saturated carbocycles. The van der Waals surface area contributed by atoms with Gasteiger partial charge < -0.3 is 19.5 Å². The van der Waals surface area contributed by atoms with Gasteiger partial charge in [-0.15, -0.1) is 0 Å². The molecular weight excluding hydrogens is 441 g/mol. The number of anilines is 1. The molecule has 2 aromatic rings. The van der Waals surface area contributed by atoms with Crippen LogP contribution in [0, 0.1) is 0 Å². The zero-order chi connectivity index (χ0) is 22.8. The summed E-state index contributed by atoms with van der Waals surface area (Å²) in [5.74, 6) is -0.998. The number of hydrogen-bond donors (Lipinski definition) is 1. The molecule has 0 atom stereocenters. The summed E-state index contributed by atoms with van der Waals surface area (Å²) in [6.07, 6.45) is -3.39. The molecule has 1 aliphatic heterocycles. The molecule has 11 heteroatoms. The zero-order valence-corrected chi connectivity index (χ0v) is 17.3. The Morgan fingerprint density at radius 3 is 2.71 bits per heavy atom. The Balaban J connectivity index is 1.49. The molecule has 7 nitrogen and oxygen atoms in total. The Bertz CT molecular complexity index is 1010. The number of pyridine rings is 1. The highest BCUT2D eigenvalue weighted by molar-refractivity contribution is 6.33. The lowest BCUT2D eigenvalue weighted by molar-refractivity contribution is -0.149. The van der Waals surface area contributed by atoms with Crippen LogP contribution in [0.3, 0.4) is 0 Å². The lowest BCUT2D eigenvalue weighted by Crippen LogP contribution is -2.25. The van der Waals surface area contributed by atoms with Crippen molar-refractivity contribution in [2.45, 2.75) is 32.0 Å². The number of carbonyl (C=O) groups is 2. The zero-order valence-electron chi connectivity index (χ0n) is 16.5. The van der Waals surface area contributed by atoms with Crippen LogP contribution in [0.2, 0.25) is 5.02 Å². The number of rotatable bonds is 6. The van der Waals surface area contributed by atoms with Crippen molar-refractivity contribution in [3.8, 4) is 11.5 Å². The van der Waals surface area contributed by atoms with Gasteiger partial charge in [0.1, 0.15) is 5.60 Å². The van der Waals surface area contributed by atoms with E-state index in [2.05, 4.69) is 10.3 Å². The van der Waals surface area contributed by atoms with Crippen LogP contribution in [0.25, 0.3) is 0 Å². The standard InChI is InChI=1S/C20H18ClF3N2O5/c1-19(2)7-11-4-3-5-14(17(11)31-19)29-10-16(28)30-9-15(27)26-18-13(21)6-12(8-25-18)20(22,23)24/h3-6,8H,7,9-10H2,1-2H3,(H,25,26,27). The Hall–Kier alpha value is -3.01. The number of para-hydroxylation sites is 1. The molecule has 0 spiro atoms. The van der Waals surface area contributed by atoms with Crippen LogP contribution in [0.5, 0.6) is 11.5 Å². The van der Waals surface area contributed by atoms with Crippen molar-refractivity contribution in [3.05, 3.63) is 46.6 Å². The molecule has 0 radical (unpaired) electrons. The van der Waals surface area contributed by atoms with Gasteiger partial charge in [0.2, 0.25) is 0 Å². The molecule has 1 aliphatic rings. The topological polar surface area (TPSA) is 86.8 Å². The van der Waals surface area contributed by atoms with Gasteiger partial charge in [-0.2, -0.15) is 13.2 Å². The maximum absolute atomic E-state index is 12.6. The lowest BCUT2D eigenvalue weighted by Gasteiger charge is -2.18. The van der Waals surface area contributed by atoms with Crippen molar-refractivity contribution < 1.29 is 37.0 Å². The second kappa shape index (κ2) is 8.62. The van der Waals surface area contributed by atoms with Crippen LogP contribution in [0.15, 0.2) is 30.5 Å². The largest absolute Gasteiger partial charge is 0.483 e. The lowest BCUT2D eigenvalue weighted by atomic mass is 10.0. The molecule has 0 unspecified atom stereocenters. The number of alkyl halides is 3. The minimum atomic E-state index is -4.62. The number of carbonyl (C=O) groups excluding carboxylic acids is 2. The van der Waals surface area contributed by atoms with E-state index in [0.717, 1.165) is 5.56 Å². The molecule has 3 rings (SSSR count). The van der Waals surface area contributed by atoms with Gasteiger partial charge in [0, 0.05) is 18.2 Å². The van der Waals surface area contributed by atoms with E-state index in [1.807, 2.05) is 19.9 Å². The van der Waals surface area contributed by atoms with E-state index < -0.39 is 41.9 Å². The highest BCUT2D eigenvalue weighted by atomic mass is 35.5. The van der Waals surface area contributed by atoms with Gasteiger partial charge in [-0.25, -0.2) is 9.78 Å². The SMILES string of the molecule is CC1(C)Cc2cccc(OCC(=O)OCC(=O)Nc3ncc(C(F)(F)F)cc3Cl)c2O1. The average Bonchev–Trinajstić information content (AvgIpc) is 2.99. The predicted molar refractivity (Wildman–Crippen MR) is 104 cm³/mol. The fraction of sp³-hybridized carbons (Fsp3) is 0.350. The second-order valence-corrected chi connectivity index (χ2v) is 7.74. The number of nitrogens with zero attached hydrogens (tertiary/aromatic N) is 1. The summed E-state index contributed by atoms with van der Waals surface area (Å²) in [5, 5.41) is 1.77. The van der Waals surface area contributed by atoms with E-state index in [-0.39, 0.29) is 11.4 Å². The molecule has 1 N–H and O–H groups in total. The van der Waals surface area contributed by atoms with E-state index in [0.29, 0.717) is 30.2 Å². The van der Waals surface area contributed by atoms with E-state index >= 15 is 0 Å². The van der Waals surface area contributed by atoms with Crippen molar-refractivity contribution in [1.29, 1.82) is 0 Å². The van der Waals surface area contributed by atoms with Crippen LogP contribution in [-0.2, 0) is 26.9 Å². The number of aromatic nitrogens is 1. The number of amides is 1. The quantitative estimate of drug-likeness (QED) is 0.658. The summed E-state index contributed by atoms with van der Waals surface area (Å²) in [7, 11) is 0.